The lowest BCUT2D eigenvalue weighted by atomic mass is 9.97. The number of aromatic hydroxyl groups is 1. The van der Waals surface area contributed by atoms with Gasteiger partial charge in [-0.25, -0.2) is 0 Å². The predicted octanol–water partition coefficient (Wildman–Crippen LogP) is 5.56. The van der Waals surface area contributed by atoms with Crippen molar-refractivity contribution in [2.24, 2.45) is 0 Å². The van der Waals surface area contributed by atoms with Crippen molar-refractivity contribution < 1.29 is 15.3 Å². The van der Waals surface area contributed by atoms with Crippen molar-refractivity contribution in [3.05, 3.63) is 53.1 Å². The highest BCUT2D eigenvalue weighted by molar-refractivity contribution is 5.45. The van der Waals surface area contributed by atoms with E-state index in [4.69, 9.17) is 0 Å². The zero-order valence-electron chi connectivity index (χ0n) is 16.3. The second-order valence-electron chi connectivity index (χ2n) is 6.80. The van der Waals surface area contributed by atoms with Gasteiger partial charge in [0.25, 0.3) is 0 Å². The van der Waals surface area contributed by atoms with Gasteiger partial charge in [-0.1, -0.05) is 69.0 Å². The fourth-order valence-electron chi connectivity index (χ4n) is 3.05. The minimum absolute atomic E-state index is 0.0452. The molecule has 0 aliphatic carbocycles. The molecule has 3 N–H and O–H groups in total. The van der Waals surface area contributed by atoms with Gasteiger partial charge < -0.3 is 15.3 Å². The molecule has 3 heteroatoms. The van der Waals surface area contributed by atoms with Crippen LogP contribution >= 0.6 is 0 Å². The molecule has 0 heterocycles. The van der Waals surface area contributed by atoms with Crippen molar-refractivity contribution >= 4 is 0 Å². The molecule has 0 atom stereocenters. The first kappa shape index (κ1) is 22.5. The number of rotatable bonds is 14. The van der Waals surface area contributed by atoms with E-state index in [0.29, 0.717) is 11.1 Å². The van der Waals surface area contributed by atoms with Gasteiger partial charge in [-0.15, -0.1) is 0 Å². The van der Waals surface area contributed by atoms with Crippen molar-refractivity contribution in [3.8, 4) is 5.75 Å². The lowest BCUT2D eigenvalue weighted by Gasteiger charge is -2.12. The van der Waals surface area contributed by atoms with Crippen LogP contribution in [0.25, 0.3) is 0 Å². The van der Waals surface area contributed by atoms with Crippen LogP contribution in [0.1, 0.15) is 81.4 Å². The maximum atomic E-state index is 10.0. The molecular formula is C23H36O3. The minimum atomic E-state index is -0.206. The Morgan fingerprint density at radius 3 is 2.12 bits per heavy atom. The minimum Gasteiger partial charge on any atom is -0.507 e. The molecule has 0 aliphatic rings. The summed E-state index contributed by atoms with van der Waals surface area (Å²) in [6.45, 7) is 1.81. The van der Waals surface area contributed by atoms with E-state index in [1.54, 1.807) is 6.07 Å². The van der Waals surface area contributed by atoms with Crippen LogP contribution in [0.5, 0.6) is 5.75 Å². The Labute approximate surface area is 159 Å². The quantitative estimate of drug-likeness (QED) is 0.300. The Bertz CT molecular complexity index is 547. The molecule has 0 amide bonds. The van der Waals surface area contributed by atoms with Crippen LogP contribution in [0, 0.1) is 0 Å². The van der Waals surface area contributed by atoms with Gasteiger partial charge in [0.15, 0.2) is 0 Å². The van der Waals surface area contributed by atoms with Gasteiger partial charge >= 0.3 is 0 Å². The summed E-state index contributed by atoms with van der Waals surface area (Å²) >= 11 is 0. The molecule has 146 valence electrons. The van der Waals surface area contributed by atoms with Crippen LogP contribution in [-0.2, 0) is 19.6 Å². The van der Waals surface area contributed by atoms with Crippen LogP contribution in [-0.4, -0.2) is 15.3 Å². The molecule has 0 saturated heterocycles. The Hall–Kier alpha value is -1.58. The van der Waals surface area contributed by atoms with E-state index >= 15 is 0 Å². The maximum absolute atomic E-state index is 10.0. The third-order valence-electron chi connectivity index (χ3n) is 4.67. The first-order valence-electron chi connectivity index (χ1n) is 10.1. The lowest BCUT2D eigenvalue weighted by Crippen LogP contribution is -1.98. The Morgan fingerprint density at radius 1 is 0.769 bits per heavy atom. The van der Waals surface area contributed by atoms with Crippen LogP contribution in [0.3, 0.4) is 0 Å². The number of aliphatic hydroxyl groups is 2. The van der Waals surface area contributed by atoms with Gasteiger partial charge in [0.2, 0.25) is 0 Å². The highest BCUT2D eigenvalue weighted by atomic mass is 16.3. The fraction of sp³-hybridized carbons (Fsp3) is 0.565. The van der Waals surface area contributed by atoms with Gasteiger partial charge in [-0.05, 0) is 44.1 Å². The molecule has 1 aromatic rings. The summed E-state index contributed by atoms with van der Waals surface area (Å²) in [6.07, 6.45) is 20.4. The van der Waals surface area contributed by atoms with E-state index < -0.39 is 0 Å². The molecule has 0 radical (unpaired) electrons. The van der Waals surface area contributed by atoms with Gasteiger partial charge in [-0.3, -0.25) is 0 Å². The number of aryl methyl sites for hydroxylation is 1. The number of allylic oxidation sites excluding steroid dienone is 4. The summed E-state index contributed by atoms with van der Waals surface area (Å²) in [7, 11) is 0. The summed E-state index contributed by atoms with van der Waals surface area (Å²) in [5.41, 5.74) is 2.03. The Balaban J connectivity index is 2.14. The van der Waals surface area contributed by atoms with Crippen LogP contribution < -0.4 is 0 Å². The third kappa shape index (κ3) is 8.68. The summed E-state index contributed by atoms with van der Waals surface area (Å²) in [6, 6.07) is 3.66. The predicted molar refractivity (Wildman–Crippen MR) is 109 cm³/mol. The van der Waals surface area contributed by atoms with E-state index in [1.165, 1.54) is 32.1 Å². The number of aliphatic hydroxyl groups excluding tert-OH is 2. The van der Waals surface area contributed by atoms with E-state index in [9.17, 15) is 15.3 Å². The molecule has 0 aliphatic heterocycles. The molecule has 0 spiro atoms. The summed E-state index contributed by atoms with van der Waals surface area (Å²) in [4.78, 5) is 0. The van der Waals surface area contributed by atoms with Crippen molar-refractivity contribution in [3.63, 3.8) is 0 Å². The number of hydrogen-bond acceptors (Lipinski definition) is 3. The Kier molecular flexibility index (Phi) is 12.6. The summed E-state index contributed by atoms with van der Waals surface area (Å²) in [5.74, 6) is 0.0452. The molecule has 1 aromatic carbocycles. The molecule has 3 nitrogen and oxygen atoms in total. The van der Waals surface area contributed by atoms with Crippen LogP contribution in [0.2, 0.25) is 0 Å². The van der Waals surface area contributed by atoms with Crippen molar-refractivity contribution in [2.45, 2.75) is 84.3 Å². The molecule has 0 aromatic heterocycles. The number of benzene rings is 1. The van der Waals surface area contributed by atoms with Gasteiger partial charge in [0.1, 0.15) is 5.75 Å². The molecule has 26 heavy (non-hydrogen) atoms. The average Bonchev–Trinajstić information content (AvgIpc) is 2.65. The highest BCUT2D eigenvalue weighted by Gasteiger charge is 2.11. The monoisotopic (exact) mass is 360 g/mol. The smallest absolute Gasteiger partial charge is 0.126 e. The number of unbranched alkanes of at least 4 members (excludes halogenated alkanes) is 6. The SMILES string of the molecule is CCC/C=C\C/C=C\CCCCCCCc1ccc(CO)c(O)c1CO. The maximum Gasteiger partial charge on any atom is 0.126 e. The second kappa shape index (κ2) is 14.6. The van der Waals surface area contributed by atoms with Crippen molar-refractivity contribution in [1.82, 2.24) is 0 Å². The zero-order chi connectivity index (χ0) is 19.0. The number of phenols is 1. The molecule has 0 saturated carbocycles. The van der Waals surface area contributed by atoms with E-state index in [1.807, 2.05) is 6.07 Å². The fourth-order valence-corrected chi connectivity index (χ4v) is 3.05. The van der Waals surface area contributed by atoms with Crippen molar-refractivity contribution in [1.29, 1.82) is 0 Å². The van der Waals surface area contributed by atoms with E-state index in [0.717, 1.165) is 37.7 Å². The lowest BCUT2D eigenvalue weighted by molar-refractivity contribution is 0.262. The summed E-state index contributed by atoms with van der Waals surface area (Å²) < 4.78 is 0. The normalized spacial score (nSPS) is 11.8. The first-order valence-corrected chi connectivity index (χ1v) is 10.1. The number of hydrogen-bond donors (Lipinski definition) is 3. The molecule has 0 unspecified atom stereocenters. The highest BCUT2D eigenvalue weighted by Crippen LogP contribution is 2.27. The van der Waals surface area contributed by atoms with Gasteiger partial charge in [-0.2, -0.15) is 0 Å². The molecule has 0 fully saturated rings. The largest absolute Gasteiger partial charge is 0.507 e. The first-order chi connectivity index (χ1) is 12.7. The summed E-state index contributed by atoms with van der Waals surface area (Å²) in [5, 5.41) is 28.7. The third-order valence-corrected chi connectivity index (χ3v) is 4.67. The van der Waals surface area contributed by atoms with Crippen LogP contribution in [0.15, 0.2) is 36.4 Å². The molecular weight excluding hydrogens is 324 g/mol. The molecule has 0 bridgehead atoms. The standard InChI is InChI=1S/C23H36O3/c1-2-3-4-5-6-7-8-9-10-11-12-13-14-15-20-16-17-21(18-24)23(26)22(20)19-25/h4-5,7-8,16-17,24-26H,2-3,6,9-15,18-19H2,1H3/b5-4-,8-7-. The zero-order valence-corrected chi connectivity index (χ0v) is 16.3. The van der Waals surface area contributed by atoms with Crippen molar-refractivity contribution in [2.75, 3.05) is 0 Å². The van der Waals surface area contributed by atoms with Gasteiger partial charge in [0.05, 0.1) is 13.2 Å². The topological polar surface area (TPSA) is 60.7 Å². The van der Waals surface area contributed by atoms with Gasteiger partial charge in [0, 0.05) is 11.1 Å². The molecule has 1 rings (SSSR count). The van der Waals surface area contributed by atoms with E-state index in [-0.39, 0.29) is 19.0 Å². The van der Waals surface area contributed by atoms with E-state index in [2.05, 4.69) is 31.2 Å². The van der Waals surface area contributed by atoms with Crippen LogP contribution in [0.4, 0.5) is 0 Å². The Morgan fingerprint density at radius 2 is 1.42 bits per heavy atom. The average molecular weight is 361 g/mol. The second-order valence-corrected chi connectivity index (χ2v) is 6.80.